The molecule has 1 fully saturated rings. The van der Waals surface area contributed by atoms with E-state index in [4.69, 9.17) is 9.47 Å². The van der Waals surface area contributed by atoms with Gasteiger partial charge in [-0.2, -0.15) is 0 Å². The maximum atomic E-state index is 11.7. The molecule has 0 aliphatic carbocycles. The fourth-order valence-electron chi connectivity index (χ4n) is 3.57. The van der Waals surface area contributed by atoms with Crippen molar-refractivity contribution in [2.24, 2.45) is 5.92 Å². The molecule has 1 aromatic carbocycles. The highest BCUT2D eigenvalue weighted by molar-refractivity contribution is 5.73. The Morgan fingerprint density at radius 1 is 1.23 bits per heavy atom. The predicted octanol–water partition coefficient (Wildman–Crippen LogP) is 1.73. The molecule has 0 amide bonds. The van der Waals surface area contributed by atoms with Crippen LogP contribution < -0.4 is 15.0 Å². The molecule has 0 saturated carbocycles. The van der Waals surface area contributed by atoms with Gasteiger partial charge in [0, 0.05) is 30.9 Å². The van der Waals surface area contributed by atoms with E-state index in [9.17, 15) is 4.79 Å². The second-order valence-corrected chi connectivity index (χ2v) is 5.96. The first kappa shape index (κ1) is 15.2. The number of nitrogens with zero attached hydrogens (tertiary/aromatic N) is 1. The minimum absolute atomic E-state index is 0.0495. The van der Waals surface area contributed by atoms with Crippen LogP contribution >= 0.6 is 0 Å². The summed E-state index contributed by atoms with van der Waals surface area (Å²) < 4.78 is 10.4. The smallest absolute Gasteiger partial charge is 0.308 e. The first-order valence-corrected chi connectivity index (χ1v) is 7.97. The molecule has 0 radical (unpaired) electrons. The molecule has 0 aromatic heterocycles. The van der Waals surface area contributed by atoms with Gasteiger partial charge in [0.2, 0.25) is 0 Å². The molecule has 3 rings (SSSR count). The van der Waals surface area contributed by atoms with Crippen LogP contribution in [0.3, 0.4) is 0 Å². The van der Waals surface area contributed by atoms with Crippen molar-refractivity contribution >= 4 is 11.7 Å². The number of anilines is 1. The molecular formula is C17H24N2O3. The first-order valence-electron chi connectivity index (χ1n) is 7.97. The topological polar surface area (TPSA) is 50.8 Å². The summed E-state index contributed by atoms with van der Waals surface area (Å²) in [5.74, 6) is 0.969. The predicted molar refractivity (Wildman–Crippen MR) is 85.4 cm³/mol. The van der Waals surface area contributed by atoms with Gasteiger partial charge in [-0.25, -0.2) is 0 Å². The van der Waals surface area contributed by atoms with Gasteiger partial charge in [-0.1, -0.05) is 0 Å². The van der Waals surface area contributed by atoms with E-state index < -0.39 is 0 Å². The number of benzene rings is 1. The third-order valence-electron chi connectivity index (χ3n) is 4.81. The SMILES string of the molecule is COC(=O)C1CCN(c2ccc(OC)c3c2CNCC3)CC1. The lowest BCUT2D eigenvalue weighted by Crippen LogP contribution is -2.38. The molecule has 5 nitrogen and oxygen atoms in total. The summed E-state index contributed by atoms with van der Waals surface area (Å²) in [4.78, 5) is 14.1. The molecule has 2 aliphatic heterocycles. The van der Waals surface area contributed by atoms with Gasteiger partial charge in [0.15, 0.2) is 0 Å². The molecule has 1 saturated heterocycles. The van der Waals surface area contributed by atoms with Crippen LogP contribution in [0.2, 0.25) is 0 Å². The maximum absolute atomic E-state index is 11.7. The van der Waals surface area contributed by atoms with Crippen LogP contribution in [0, 0.1) is 5.92 Å². The standard InChI is InChI=1S/C17H24N2O3/c1-21-16-4-3-15(14-11-18-8-5-13(14)16)19-9-6-12(7-10-19)17(20)22-2/h3-4,12,18H,5-11H2,1-2H3. The Hall–Kier alpha value is -1.75. The van der Waals surface area contributed by atoms with Crippen LogP contribution in [0.5, 0.6) is 5.75 Å². The number of hydrogen-bond donors (Lipinski definition) is 1. The Balaban J connectivity index is 1.80. The monoisotopic (exact) mass is 304 g/mol. The summed E-state index contributed by atoms with van der Waals surface area (Å²) in [7, 11) is 3.21. The molecule has 0 spiro atoms. The minimum atomic E-state index is -0.0712. The fourth-order valence-corrected chi connectivity index (χ4v) is 3.57. The Morgan fingerprint density at radius 2 is 2.00 bits per heavy atom. The number of fused-ring (bicyclic) bond motifs is 1. The van der Waals surface area contributed by atoms with E-state index in [0.717, 1.165) is 51.2 Å². The van der Waals surface area contributed by atoms with Crippen molar-refractivity contribution in [3.8, 4) is 5.75 Å². The summed E-state index contributed by atoms with van der Waals surface area (Å²) in [5.41, 5.74) is 3.96. The van der Waals surface area contributed by atoms with Crippen molar-refractivity contribution in [2.75, 3.05) is 38.8 Å². The number of carbonyl (C=O) groups excluding carboxylic acids is 1. The molecule has 2 aliphatic rings. The molecule has 0 bridgehead atoms. The normalized spacial score (nSPS) is 18.7. The Labute approximate surface area is 131 Å². The second kappa shape index (κ2) is 6.57. The lowest BCUT2D eigenvalue weighted by molar-refractivity contribution is -0.146. The third kappa shape index (κ3) is 2.77. The average molecular weight is 304 g/mol. The van der Waals surface area contributed by atoms with Gasteiger partial charge in [-0.15, -0.1) is 0 Å². The zero-order chi connectivity index (χ0) is 15.5. The third-order valence-corrected chi connectivity index (χ3v) is 4.81. The van der Waals surface area contributed by atoms with Crippen LogP contribution in [-0.2, 0) is 22.5 Å². The number of esters is 1. The fraction of sp³-hybridized carbons (Fsp3) is 0.588. The van der Waals surface area contributed by atoms with Crippen molar-refractivity contribution in [1.29, 1.82) is 0 Å². The molecule has 2 heterocycles. The van der Waals surface area contributed by atoms with Gasteiger partial charge in [-0.3, -0.25) is 4.79 Å². The molecule has 5 heteroatoms. The highest BCUT2D eigenvalue weighted by Crippen LogP contribution is 2.35. The Kier molecular flexibility index (Phi) is 4.52. The van der Waals surface area contributed by atoms with E-state index in [1.165, 1.54) is 23.9 Å². The molecule has 22 heavy (non-hydrogen) atoms. The average Bonchev–Trinajstić information content (AvgIpc) is 2.60. The van der Waals surface area contributed by atoms with E-state index in [1.54, 1.807) is 7.11 Å². The van der Waals surface area contributed by atoms with Gasteiger partial charge in [-0.05, 0) is 43.5 Å². The van der Waals surface area contributed by atoms with E-state index in [1.807, 2.05) is 0 Å². The minimum Gasteiger partial charge on any atom is -0.496 e. The largest absolute Gasteiger partial charge is 0.496 e. The van der Waals surface area contributed by atoms with Crippen LogP contribution in [-0.4, -0.2) is 39.8 Å². The van der Waals surface area contributed by atoms with Crippen LogP contribution in [0.15, 0.2) is 12.1 Å². The maximum Gasteiger partial charge on any atom is 0.308 e. The summed E-state index contributed by atoms with van der Waals surface area (Å²) in [5, 5.41) is 3.45. The first-order chi connectivity index (χ1) is 10.7. The van der Waals surface area contributed by atoms with Gasteiger partial charge >= 0.3 is 5.97 Å². The number of rotatable bonds is 3. The van der Waals surface area contributed by atoms with Crippen molar-refractivity contribution in [1.82, 2.24) is 5.32 Å². The zero-order valence-electron chi connectivity index (χ0n) is 13.4. The van der Waals surface area contributed by atoms with Crippen molar-refractivity contribution < 1.29 is 14.3 Å². The van der Waals surface area contributed by atoms with Crippen LogP contribution in [0.25, 0.3) is 0 Å². The van der Waals surface area contributed by atoms with Crippen molar-refractivity contribution in [3.05, 3.63) is 23.3 Å². The number of carbonyl (C=O) groups is 1. The van der Waals surface area contributed by atoms with E-state index in [0.29, 0.717) is 0 Å². The van der Waals surface area contributed by atoms with Gasteiger partial charge in [0.1, 0.15) is 5.75 Å². The lowest BCUT2D eigenvalue weighted by atomic mass is 9.93. The quantitative estimate of drug-likeness (QED) is 0.862. The van der Waals surface area contributed by atoms with E-state index in [2.05, 4.69) is 22.3 Å². The molecule has 120 valence electrons. The van der Waals surface area contributed by atoms with Crippen LogP contribution in [0.4, 0.5) is 5.69 Å². The second-order valence-electron chi connectivity index (χ2n) is 5.96. The van der Waals surface area contributed by atoms with Crippen molar-refractivity contribution in [2.45, 2.75) is 25.8 Å². The van der Waals surface area contributed by atoms with Crippen molar-refractivity contribution in [3.63, 3.8) is 0 Å². The summed E-state index contributed by atoms with van der Waals surface area (Å²) >= 11 is 0. The number of hydrogen-bond acceptors (Lipinski definition) is 5. The Bertz CT molecular complexity index is 551. The number of piperidine rings is 1. The zero-order valence-corrected chi connectivity index (χ0v) is 13.4. The number of nitrogens with one attached hydrogen (secondary N) is 1. The number of methoxy groups -OCH3 is 2. The lowest BCUT2D eigenvalue weighted by Gasteiger charge is -2.35. The van der Waals surface area contributed by atoms with Crippen LogP contribution in [0.1, 0.15) is 24.0 Å². The molecule has 1 N–H and O–H groups in total. The highest BCUT2D eigenvalue weighted by Gasteiger charge is 2.28. The highest BCUT2D eigenvalue weighted by atomic mass is 16.5. The molecule has 0 unspecified atom stereocenters. The molecule has 1 aromatic rings. The van der Waals surface area contributed by atoms with Gasteiger partial charge < -0.3 is 19.7 Å². The number of ether oxygens (including phenoxy) is 2. The van der Waals surface area contributed by atoms with Gasteiger partial charge in [0.05, 0.1) is 20.1 Å². The summed E-state index contributed by atoms with van der Waals surface area (Å²) in [6, 6.07) is 4.23. The summed E-state index contributed by atoms with van der Waals surface area (Å²) in [6.45, 7) is 3.69. The van der Waals surface area contributed by atoms with Gasteiger partial charge in [0.25, 0.3) is 0 Å². The van der Waals surface area contributed by atoms with E-state index in [-0.39, 0.29) is 11.9 Å². The van der Waals surface area contributed by atoms with E-state index >= 15 is 0 Å². The Morgan fingerprint density at radius 3 is 2.68 bits per heavy atom. The molecular weight excluding hydrogens is 280 g/mol. The molecule has 0 atom stereocenters. The summed E-state index contributed by atoms with van der Waals surface area (Å²) in [6.07, 6.45) is 2.73.